The molecular weight excluding hydrogens is 372 g/mol. The number of aryl methyl sites for hydroxylation is 2. The van der Waals surface area contributed by atoms with Crippen molar-refractivity contribution in [2.75, 3.05) is 32.2 Å². The summed E-state index contributed by atoms with van der Waals surface area (Å²) < 4.78 is 38.0. The highest BCUT2D eigenvalue weighted by atomic mass is 32.2. The highest BCUT2D eigenvalue weighted by Gasteiger charge is 2.23. The van der Waals surface area contributed by atoms with E-state index in [0.29, 0.717) is 28.6 Å². The number of carbonyl (C=O) groups is 1. The minimum absolute atomic E-state index is 0.0289. The van der Waals surface area contributed by atoms with Gasteiger partial charge in [0.2, 0.25) is 15.9 Å². The number of carbonyl (C=O) groups excluding carboxylic acids is 1. The Kier molecular flexibility index (Phi) is 6.45. The Morgan fingerprint density at radius 1 is 1.26 bits per heavy atom. The van der Waals surface area contributed by atoms with E-state index in [-0.39, 0.29) is 23.9 Å². The number of aromatic nitrogens is 2. The number of hydrogen-bond donors (Lipinski definition) is 2. The Labute approximate surface area is 158 Å². The van der Waals surface area contributed by atoms with Crippen LogP contribution in [-0.2, 0) is 14.8 Å². The molecule has 2 rings (SSSR count). The molecule has 9 nitrogen and oxygen atoms in total. The smallest absolute Gasteiger partial charge is 0.244 e. The van der Waals surface area contributed by atoms with Gasteiger partial charge in [-0.25, -0.2) is 13.1 Å². The topological polar surface area (TPSA) is 114 Å². The number of benzene rings is 1. The van der Waals surface area contributed by atoms with Crippen molar-refractivity contribution in [3.8, 4) is 11.5 Å². The molecule has 1 aromatic carbocycles. The summed E-state index contributed by atoms with van der Waals surface area (Å²) in [6, 6.07) is 5.06. The summed E-state index contributed by atoms with van der Waals surface area (Å²) in [4.78, 5) is 13.7. The first-order chi connectivity index (χ1) is 12.7. The van der Waals surface area contributed by atoms with Crippen molar-refractivity contribution in [2.45, 2.75) is 25.7 Å². The minimum atomic E-state index is -3.74. The molecule has 0 saturated heterocycles. The third-order valence-electron chi connectivity index (χ3n) is 4.01. The van der Waals surface area contributed by atoms with Crippen LogP contribution in [0.2, 0.25) is 0 Å². The Morgan fingerprint density at radius 3 is 2.48 bits per heavy atom. The van der Waals surface area contributed by atoms with Gasteiger partial charge in [-0.15, -0.1) is 0 Å². The number of H-pyrrole nitrogens is 1. The average molecular weight is 396 g/mol. The number of rotatable bonds is 8. The van der Waals surface area contributed by atoms with Crippen LogP contribution in [0.15, 0.2) is 23.1 Å². The molecule has 0 fully saturated rings. The molecule has 1 aromatic heterocycles. The van der Waals surface area contributed by atoms with Gasteiger partial charge in [0.15, 0.2) is 0 Å². The van der Waals surface area contributed by atoms with Crippen LogP contribution in [0.1, 0.15) is 18.3 Å². The highest BCUT2D eigenvalue weighted by Crippen LogP contribution is 2.32. The lowest BCUT2D eigenvalue weighted by atomic mass is 10.2. The van der Waals surface area contributed by atoms with E-state index in [2.05, 4.69) is 14.9 Å². The van der Waals surface area contributed by atoms with E-state index in [0.717, 1.165) is 0 Å². The molecule has 10 heteroatoms. The number of amides is 1. The predicted molar refractivity (Wildman–Crippen MR) is 101 cm³/mol. The lowest BCUT2D eigenvalue weighted by Gasteiger charge is -2.23. The second-order valence-corrected chi connectivity index (χ2v) is 7.57. The van der Waals surface area contributed by atoms with Crippen molar-refractivity contribution < 1.29 is 22.7 Å². The number of nitrogens with one attached hydrogen (secondary N) is 2. The molecule has 0 bridgehead atoms. The molecule has 0 aliphatic rings. The van der Waals surface area contributed by atoms with Gasteiger partial charge in [-0.05, 0) is 26.0 Å². The third kappa shape index (κ3) is 4.58. The number of aromatic amines is 1. The van der Waals surface area contributed by atoms with Crippen LogP contribution in [0.25, 0.3) is 0 Å². The molecular formula is C17H24N4O5S. The number of ether oxygens (including phenoxy) is 2. The van der Waals surface area contributed by atoms with E-state index in [1.54, 1.807) is 32.0 Å². The van der Waals surface area contributed by atoms with Crippen LogP contribution < -0.4 is 19.1 Å². The maximum Gasteiger partial charge on any atom is 0.244 e. The van der Waals surface area contributed by atoms with Crippen LogP contribution in [0.5, 0.6) is 11.5 Å². The van der Waals surface area contributed by atoms with E-state index in [1.807, 2.05) is 0 Å². The van der Waals surface area contributed by atoms with Crippen molar-refractivity contribution in [1.29, 1.82) is 0 Å². The summed E-state index contributed by atoms with van der Waals surface area (Å²) in [5.74, 6) is 0.799. The van der Waals surface area contributed by atoms with Gasteiger partial charge < -0.3 is 14.4 Å². The molecule has 0 radical (unpaired) electrons. The average Bonchev–Trinajstić information content (AvgIpc) is 2.97. The molecule has 2 aromatic rings. The molecule has 27 heavy (non-hydrogen) atoms. The number of nitrogens with zero attached hydrogens (tertiary/aromatic N) is 2. The second kappa shape index (κ2) is 8.40. The largest absolute Gasteiger partial charge is 0.497 e. The van der Waals surface area contributed by atoms with Gasteiger partial charge in [0.05, 0.1) is 31.3 Å². The van der Waals surface area contributed by atoms with Crippen LogP contribution in [0.4, 0.5) is 5.69 Å². The fourth-order valence-electron chi connectivity index (χ4n) is 2.76. The first-order valence-electron chi connectivity index (χ1n) is 8.22. The molecule has 0 aliphatic heterocycles. The lowest BCUT2D eigenvalue weighted by molar-refractivity contribution is -0.116. The molecule has 0 unspecified atom stereocenters. The van der Waals surface area contributed by atoms with E-state index in [9.17, 15) is 13.2 Å². The fourth-order valence-corrected chi connectivity index (χ4v) is 4.14. The number of methoxy groups -OCH3 is 2. The zero-order chi connectivity index (χ0) is 20.2. The fraction of sp³-hybridized carbons (Fsp3) is 0.412. The Morgan fingerprint density at radius 2 is 1.96 bits per heavy atom. The van der Waals surface area contributed by atoms with Gasteiger partial charge in [0, 0.05) is 26.1 Å². The monoisotopic (exact) mass is 396 g/mol. The van der Waals surface area contributed by atoms with Gasteiger partial charge in [0.1, 0.15) is 16.4 Å². The second-order valence-electron chi connectivity index (χ2n) is 5.87. The number of anilines is 1. The Bertz CT molecular complexity index is 904. The summed E-state index contributed by atoms with van der Waals surface area (Å²) in [6.45, 7) is 4.82. The molecule has 0 spiro atoms. The van der Waals surface area contributed by atoms with Gasteiger partial charge in [0.25, 0.3) is 0 Å². The Balaban J connectivity index is 2.18. The van der Waals surface area contributed by atoms with Crippen molar-refractivity contribution in [2.24, 2.45) is 0 Å². The first-order valence-corrected chi connectivity index (χ1v) is 9.71. The number of hydrogen-bond acceptors (Lipinski definition) is 6. The van der Waals surface area contributed by atoms with Crippen molar-refractivity contribution in [1.82, 2.24) is 14.9 Å². The minimum Gasteiger partial charge on any atom is -0.497 e. The molecule has 0 aliphatic carbocycles. The maximum absolute atomic E-state index is 12.5. The van der Waals surface area contributed by atoms with E-state index >= 15 is 0 Å². The molecule has 1 amide bonds. The molecule has 1 heterocycles. The van der Waals surface area contributed by atoms with Crippen LogP contribution >= 0.6 is 0 Å². The van der Waals surface area contributed by atoms with E-state index in [4.69, 9.17) is 9.47 Å². The van der Waals surface area contributed by atoms with Crippen LogP contribution in [0, 0.1) is 13.8 Å². The molecule has 0 saturated carbocycles. The van der Waals surface area contributed by atoms with Gasteiger partial charge in [-0.2, -0.15) is 5.10 Å². The van der Waals surface area contributed by atoms with Crippen molar-refractivity contribution >= 4 is 21.6 Å². The molecule has 0 atom stereocenters. The SMILES string of the molecule is COc1ccc(N(CCNS(=O)(=O)c2c(C)n[nH]c2C)C(C)=O)c(OC)c1. The first kappa shape index (κ1) is 20.7. The zero-order valence-electron chi connectivity index (χ0n) is 16.0. The van der Waals surface area contributed by atoms with Gasteiger partial charge >= 0.3 is 0 Å². The predicted octanol–water partition coefficient (Wildman–Crippen LogP) is 1.38. The van der Waals surface area contributed by atoms with E-state index < -0.39 is 10.0 Å². The van der Waals surface area contributed by atoms with Crippen molar-refractivity contribution in [3.05, 3.63) is 29.6 Å². The standard InChI is InChI=1S/C17H24N4O5S/c1-11-17(12(2)20-19-11)27(23,24)18-8-9-21(13(3)22)15-7-6-14(25-4)10-16(15)26-5/h6-7,10,18H,8-9H2,1-5H3,(H,19,20). The van der Waals surface area contributed by atoms with Gasteiger partial charge in [-0.3, -0.25) is 9.89 Å². The zero-order valence-corrected chi connectivity index (χ0v) is 16.8. The Hall–Kier alpha value is -2.59. The third-order valence-corrected chi connectivity index (χ3v) is 5.74. The van der Waals surface area contributed by atoms with Crippen molar-refractivity contribution in [3.63, 3.8) is 0 Å². The normalized spacial score (nSPS) is 11.3. The van der Waals surface area contributed by atoms with E-state index in [1.165, 1.54) is 26.0 Å². The summed E-state index contributed by atoms with van der Waals surface area (Å²) in [5, 5.41) is 6.55. The summed E-state index contributed by atoms with van der Waals surface area (Å²) in [5.41, 5.74) is 1.38. The number of sulfonamides is 1. The van der Waals surface area contributed by atoms with Gasteiger partial charge in [-0.1, -0.05) is 0 Å². The van der Waals surface area contributed by atoms with Crippen LogP contribution in [0.3, 0.4) is 0 Å². The quantitative estimate of drug-likeness (QED) is 0.697. The lowest BCUT2D eigenvalue weighted by Crippen LogP contribution is -2.38. The molecule has 148 valence electrons. The maximum atomic E-state index is 12.5. The summed E-state index contributed by atoms with van der Waals surface area (Å²) in [6.07, 6.45) is 0. The van der Waals surface area contributed by atoms with Crippen LogP contribution in [-0.4, -0.2) is 51.8 Å². The summed E-state index contributed by atoms with van der Waals surface area (Å²) >= 11 is 0. The summed E-state index contributed by atoms with van der Waals surface area (Å²) in [7, 11) is -0.718. The molecule has 2 N–H and O–H groups in total. The highest BCUT2D eigenvalue weighted by molar-refractivity contribution is 7.89.